The first-order chi connectivity index (χ1) is 14.3. The molecular weight excluding hydrogens is 370 g/mol. The summed E-state index contributed by atoms with van der Waals surface area (Å²) in [5.41, 5.74) is 5.05. The third kappa shape index (κ3) is 2.48. The zero-order valence-electron chi connectivity index (χ0n) is 19.3. The lowest BCUT2D eigenvalue weighted by atomic mass is 9.56. The van der Waals surface area contributed by atoms with Gasteiger partial charge in [0.15, 0.2) is 5.78 Å². The van der Waals surface area contributed by atoms with Crippen LogP contribution in [0.15, 0.2) is 22.8 Å². The molecule has 4 aliphatic carbocycles. The largest absolute Gasteiger partial charge is 0.365 e. The zero-order chi connectivity index (χ0) is 20.8. The van der Waals surface area contributed by atoms with E-state index >= 15 is 0 Å². The van der Waals surface area contributed by atoms with Crippen LogP contribution in [-0.2, 0) is 9.53 Å². The van der Waals surface area contributed by atoms with Gasteiger partial charge < -0.3 is 10.1 Å². The van der Waals surface area contributed by atoms with Crippen LogP contribution in [0.3, 0.4) is 0 Å². The molecule has 1 N–H and O–H groups in total. The van der Waals surface area contributed by atoms with Gasteiger partial charge in [-0.1, -0.05) is 31.9 Å². The van der Waals surface area contributed by atoms with Crippen molar-refractivity contribution in [3.63, 3.8) is 0 Å². The van der Waals surface area contributed by atoms with E-state index < -0.39 is 0 Å². The third-order valence-electron chi connectivity index (χ3n) is 10.8. The Morgan fingerprint density at radius 3 is 2.83 bits per heavy atom. The van der Waals surface area contributed by atoms with Gasteiger partial charge in [0.25, 0.3) is 0 Å². The van der Waals surface area contributed by atoms with Gasteiger partial charge in [-0.05, 0) is 99.1 Å². The van der Waals surface area contributed by atoms with Crippen molar-refractivity contribution in [2.24, 2.45) is 35.0 Å². The van der Waals surface area contributed by atoms with Crippen LogP contribution in [0.4, 0.5) is 0 Å². The maximum atomic E-state index is 12.1. The number of rotatable bonds is 0. The van der Waals surface area contributed by atoms with Crippen LogP contribution in [0, 0.1) is 35.0 Å². The molecule has 3 nitrogen and oxygen atoms in total. The normalized spacial score (nSPS) is 52.6. The number of allylic oxidation sites excluding steroid dienone is 3. The highest BCUT2D eigenvalue weighted by molar-refractivity contribution is 5.91. The Morgan fingerprint density at radius 2 is 2.00 bits per heavy atom. The predicted octanol–water partition coefficient (Wildman–Crippen LogP) is 5.21. The predicted molar refractivity (Wildman–Crippen MR) is 119 cm³/mol. The van der Waals surface area contributed by atoms with Crippen LogP contribution in [0.1, 0.15) is 79.1 Å². The van der Waals surface area contributed by atoms with E-state index in [1.807, 2.05) is 6.08 Å². The summed E-state index contributed by atoms with van der Waals surface area (Å²) in [6.45, 7) is 10.9. The van der Waals surface area contributed by atoms with Crippen LogP contribution in [0.5, 0.6) is 0 Å². The van der Waals surface area contributed by atoms with Gasteiger partial charge in [-0.15, -0.1) is 0 Å². The van der Waals surface area contributed by atoms with Crippen molar-refractivity contribution >= 4 is 5.78 Å². The Kier molecular flexibility index (Phi) is 4.30. The molecule has 0 aromatic carbocycles. The van der Waals surface area contributed by atoms with Crippen LogP contribution >= 0.6 is 0 Å². The quantitative estimate of drug-likeness (QED) is 0.558. The van der Waals surface area contributed by atoms with E-state index in [-0.39, 0.29) is 11.0 Å². The number of piperidine rings is 1. The molecule has 6 rings (SSSR count). The van der Waals surface area contributed by atoms with Crippen LogP contribution in [0.25, 0.3) is 0 Å². The Balaban J connectivity index is 1.36. The van der Waals surface area contributed by atoms with E-state index in [1.54, 1.807) is 11.1 Å². The second kappa shape index (κ2) is 6.54. The molecule has 2 heterocycles. The molecule has 0 bridgehead atoms. The first-order valence-electron chi connectivity index (χ1n) is 12.7. The Morgan fingerprint density at radius 1 is 1.17 bits per heavy atom. The molecule has 9 atom stereocenters. The highest BCUT2D eigenvalue weighted by Crippen LogP contribution is 2.65. The van der Waals surface area contributed by atoms with Gasteiger partial charge in [0, 0.05) is 18.4 Å². The first kappa shape index (κ1) is 19.7. The zero-order valence-corrected chi connectivity index (χ0v) is 19.3. The molecule has 3 heteroatoms. The molecule has 0 aromatic heterocycles. The van der Waals surface area contributed by atoms with Crippen LogP contribution in [-0.4, -0.2) is 30.1 Å². The molecule has 6 aliphatic rings. The molecule has 164 valence electrons. The van der Waals surface area contributed by atoms with Crippen molar-refractivity contribution in [1.29, 1.82) is 0 Å². The summed E-state index contributed by atoms with van der Waals surface area (Å²) >= 11 is 0. The van der Waals surface area contributed by atoms with Crippen molar-refractivity contribution in [3.05, 3.63) is 22.8 Å². The highest BCUT2D eigenvalue weighted by Gasteiger charge is 2.60. The topological polar surface area (TPSA) is 38.3 Å². The number of carbonyl (C=O) groups excluding carboxylic acids is 1. The summed E-state index contributed by atoms with van der Waals surface area (Å²) in [6.07, 6.45) is 11.7. The maximum Gasteiger partial charge on any atom is 0.155 e. The molecule has 30 heavy (non-hydrogen) atoms. The summed E-state index contributed by atoms with van der Waals surface area (Å²) in [5, 5.41) is 3.84. The Hall–Kier alpha value is -0.930. The van der Waals surface area contributed by atoms with Crippen LogP contribution in [0.2, 0.25) is 0 Å². The lowest BCUT2D eigenvalue weighted by Crippen LogP contribution is -2.49. The van der Waals surface area contributed by atoms with E-state index in [0.29, 0.717) is 29.8 Å². The van der Waals surface area contributed by atoms with Gasteiger partial charge in [-0.3, -0.25) is 4.79 Å². The van der Waals surface area contributed by atoms with Crippen molar-refractivity contribution < 1.29 is 9.53 Å². The minimum absolute atomic E-state index is 0.0339. The fourth-order valence-corrected chi connectivity index (χ4v) is 9.00. The van der Waals surface area contributed by atoms with E-state index in [0.717, 1.165) is 43.6 Å². The monoisotopic (exact) mass is 409 g/mol. The number of fused-ring (bicyclic) bond motifs is 6. The first-order valence-corrected chi connectivity index (χ1v) is 12.7. The van der Waals surface area contributed by atoms with E-state index in [2.05, 4.69) is 33.0 Å². The molecule has 4 fully saturated rings. The van der Waals surface area contributed by atoms with Gasteiger partial charge in [0.05, 0.1) is 11.7 Å². The van der Waals surface area contributed by atoms with Crippen LogP contribution < -0.4 is 5.32 Å². The van der Waals surface area contributed by atoms with Gasteiger partial charge in [0.1, 0.15) is 0 Å². The summed E-state index contributed by atoms with van der Waals surface area (Å²) in [5.74, 6) is 3.95. The number of carbonyl (C=O) groups is 1. The number of ether oxygens (including phenoxy) is 1. The second-order valence-corrected chi connectivity index (χ2v) is 12.0. The smallest absolute Gasteiger partial charge is 0.155 e. The Bertz CT molecular complexity index is 842. The molecule has 2 aliphatic heterocycles. The molecule has 2 saturated heterocycles. The second-order valence-electron chi connectivity index (χ2n) is 12.0. The van der Waals surface area contributed by atoms with E-state index in [4.69, 9.17) is 4.74 Å². The van der Waals surface area contributed by atoms with Gasteiger partial charge in [-0.2, -0.15) is 0 Å². The van der Waals surface area contributed by atoms with Crippen molar-refractivity contribution in [2.45, 2.75) is 96.8 Å². The summed E-state index contributed by atoms with van der Waals surface area (Å²) in [6, 6.07) is 0.522. The lowest BCUT2D eigenvalue weighted by molar-refractivity contribution is -0.116. The molecule has 0 amide bonds. The minimum atomic E-state index is -0.0339. The summed E-state index contributed by atoms with van der Waals surface area (Å²) < 4.78 is 7.02. The number of ketones is 1. The van der Waals surface area contributed by atoms with E-state index in [1.165, 1.54) is 37.7 Å². The lowest BCUT2D eigenvalue weighted by Gasteiger charge is -2.48. The standard InChI is InChI=1S/C27H39NO2/c1-15-11-24-25(28-14-15)17(3)27(30-24)10-8-20-21-6-5-18-12-19(29)7-9-26(18,4)23(21)13-22(20)16(27)2/h12,15,17,20-21,23-25,28H,5-11,13-14H2,1-4H3/t15-,17+,20-,21?,23-,24+,25?,26-,27-/m0/s1. The maximum absolute atomic E-state index is 12.1. The average molecular weight is 410 g/mol. The van der Waals surface area contributed by atoms with E-state index in [9.17, 15) is 4.79 Å². The van der Waals surface area contributed by atoms with Gasteiger partial charge in [0.2, 0.25) is 0 Å². The molecular formula is C27H39NO2. The molecule has 2 unspecified atom stereocenters. The summed E-state index contributed by atoms with van der Waals surface area (Å²) in [7, 11) is 0. The van der Waals surface area contributed by atoms with Gasteiger partial charge in [-0.25, -0.2) is 0 Å². The molecule has 0 radical (unpaired) electrons. The average Bonchev–Trinajstić information content (AvgIpc) is 3.23. The minimum Gasteiger partial charge on any atom is -0.365 e. The van der Waals surface area contributed by atoms with Crippen molar-refractivity contribution in [1.82, 2.24) is 5.32 Å². The summed E-state index contributed by atoms with van der Waals surface area (Å²) in [4.78, 5) is 12.1. The molecule has 2 saturated carbocycles. The number of nitrogens with one attached hydrogen (secondary N) is 1. The Labute approximate surface area is 182 Å². The fourth-order valence-electron chi connectivity index (χ4n) is 9.00. The molecule has 1 spiro atoms. The number of hydrogen-bond acceptors (Lipinski definition) is 3. The SMILES string of the molecule is CC1=C2C[C@H]3C(CCC4=CC(=O)CC[C@@]43C)[C@@H]2CC[C@]12O[C@@H]1C[C@H](C)CNC1[C@H]2C. The third-order valence-corrected chi connectivity index (χ3v) is 10.8. The fraction of sp³-hybridized carbons (Fsp3) is 0.815. The van der Waals surface area contributed by atoms with Crippen molar-refractivity contribution in [3.8, 4) is 0 Å². The number of hydrogen-bond donors (Lipinski definition) is 1. The van der Waals surface area contributed by atoms with Crippen molar-refractivity contribution in [2.75, 3.05) is 6.54 Å². The highest BCUT2D eigenvalue weighted by atomic mass is 16.5. The van der Waals surface area contributed by atoms with Gasteiger partial charge >= 0.3 is 0 Å². The molecule has 0 aromatic rings.